The number of aromatic hydroxyl groups is 1. The number of fused-ring (bicyclic) bond motifs is 1. The summed E-state index contributed by atoms with van der Waals surface area (Å²) in [7, 11) is 0. The highest BCUT2D eigenvalue weighted by atomic mass is 32.1. The van der Waals surface area contributed by atoms with Crippen molar-refractivity contribution in [3.05, 3.63) is 29.1 Å². The number of phenolic OH excluding ortho intramolecular Hbond substituents is 1. The van der Waals surface area contributed by atoms with Gasteiger partial charge in [-0.05, 0) is 23.1 Å². The highest BCUT2D eigenvalue weighted by molar-refractivity contribution is 7.17. The summed E-state index contributed by atoms with van der Waals surface area (Å²) in [6, 6.07) is 5.78. The van der Waals surface area contributed by atoms with Crippen LogP contribution in [-0.2, 0) is 0 Å². The van der Waals surface area contributed by atoms with Crippen LogP contribution in [0.5, 0.6) is 5.75 Å². The zero-order valence-electron chi connectivity index (χ0n) is 7.90. The molecule has 1 atom stereocenters. The van der Waals surface area contributed by atoms with Crippen LogP contribution in [0.1, 0.15) is 18.4 Å². The molecule has 0 fully saturated rings. The molecule has 3 heteroatoms. The van der Waals surface area contributed by atoms with Crippen molar-refractivity contribution in [2.24, 2.45) is 0 Å². The molecule has 0 aliphatic heterocycles. The van der Waals surface area contributed by atoms with Gasteiger partial charge < -0.3 is 10.2 Å². The molecular formula is C11H12O2S. The summed E-state index contributed by atoms with van der Waals surface area (Å²) in [6.07, 6.45) is 0. The van der Waals surface area contributed by atoms with Crippen LogP contribution in [0.3, 0.4) is 0 Å². The Hall–Kier alpha value is -1.06. The van der Waals surface area contributed by atoms with Crippen LogP contribution < -0.4 is 0 Å². The molecule has 1 unspecified atom stereocenters. The number of hydrogen-bond acceptors (Lipinski definition) is 3. The Morgan fingerprint density at radius 1 is 1.36 bits per heavy atom. The van der Waals surface area contributed by atoms with Crippen LogP contribution in [0.2, 0.25) is 0 Å². The molecule has 74 valence electrons. The first-order valence-corrected chi connectivity index (χ1v) is 5.42. The SMILES string of the molecule is CC(CO)c1ccc2sccc2c1O. The lowest BCUT2D eigenvalue weighted by Crippen LogP contribution is -1.98. The highest BCUT2D eigenvalue weighted by Crippen LogP contribution is 2.35. The van der Waals surface area contributed by atoms with E-state index in [1.807, 2.05) is 30.5 Å². The largest absolute Gasteiger partial charge is 0.507 e. The van der Waals surface area contributed by atoms with Gasteiger partial charge >= 0.3 is 0 Å². The van der Waals surface area contributed by atoms with Gasteiger partial charge in [-0.3, -0.25) is 0 Å². The van der Waals surface area contributed by atoms with Crippen molar-refractivity contribution in [1.29, 1.82) is 0 Å². The molecule has 0 amide bonds. The number of phenols is 1. The topological polar surface area (TPSA) is 40.5 Å². The Morgan fingerprint density at radius 3 is 2.86 bits per heavy atom. The molecule has 0 saturated carbocycles. The van der Waals surface area contributed by atoms with E-state index in [2.05, 4.69) is 0 Å². The third kappa shape index (κ3) is 1.38. The van der Waals surface area contributed by atoms with E-state index in [1.165, 1.54) is 0 Å². The first-order valence-electron chi connectivity index (χ1n) is 4.54. The molecule has 1 aromatic heterocycles. The highest BCUT2D eigenvalue weighted by Gasteiger charge is 2.12. The zero-order chi connectivity index (χ0) is 10.1. The van der Waals surface area contributed by atoms with Crippen LogP contribution in [0.4, 0.5) is 0 Å². The summed E-state index contributed by atoms with van der Waals surface area (Å²) in [5.74, 6) is 0.296. The number of rotatable bonds is 2. The molecule has 2 rings (SSSR count). The maximum absolute atomic E-state index is 9.94. The van der Waals surface area contributed by atoms with Gasteiger partial charge in [0, 0.05) is 22.6 Å². The third-order valence-electron chi connectivity index (χ3n) is 2.44. The van der Waals surface area contributed by atoms with E-state index in [9.17, 15) is 5.11 Å². The molecule has 1 aromatic carbocycles. The van der Waals surface area contributed by atoms with E-state index in [-0.39, 0.29) is 12.5 Å². The number of benzene rings is 1. The van der Waals surface area contributed by atoms with Gasteiger partial charge in [0.15, 0.2) is 0 Å². The number of aliphatic hydroxyl groups excluding tert-OH is 1. The monoisotopic (exact) mass is 208 g/mol. The number of thiophene rings is 1. The minimum absolute atomic E-state index is 0.0145. The van der Waals surface area contributed by atoms with Gasteiger partial charge in [-0.25, -0.2) is 0 Å². The summed E-state index contributed by atoms with van der Waals surface area (Å²) in [6.45, 7) is 1.95. The molecule has 0 radical (unpaired) electrons. The second-order valence-electron chi connectivity index (χ2n) is 3.42. The third-order valence-corrected chi connectivity index (χ3v) is 3.32. The lowest BCUT2D eigenvalue weighted by Gasteiger charge is -2.10. The molecule has 0 spiro atoms. The number of aliphatic hydroxyl groups is 1. The van der Waals surface area contributed by atoms with Crippen molar-refractivity contribution in [3.8, 4) is 5.75 Å². The summed E-state index contributed by atoms with van der Waals surface area (Å²) in [5, 5.41) is 21.8. The van der Waals surface area contributed by atoms with E-state index in [0.717, 1.165) is 15.6 Å². The van der Waals surface area contributed by atoms with Crippen molar-refractivity contribution in [2.75, 3.05) is 6.61 Å². The van der Waals surface area contributed by atoms with Crippen LogP contribution in [0, 0.1) is 0 Å². The minimum atomic E-state index is -0.0145. The Labute approximate surface area is 86.4 Å². The zero-order valence-corrected chi connectivity index (χ0v) is 8.71. The van der Waals surface area contributed by atoms with Gasteiger partial charge in [0.1, 0.15) is 5.75 Å². The van der Waals surface area contributed by atoms with Gasteiger partial charge in [0.25, 0.3) is 0 Å². The maximum Gasteiger partial charge on any atom is 0.127 e. The molecular weight excluding hydrogens is 196 g/mol. The standard InChI is InChI=1S/C11H12O2S/c1-7(6-12)8-2-3-10-9(11(8)13)4-5-14-10/h2-5,7,12-13H,6H2,1H3. The van der Waals surface area contributed by atoms with Crippen molar-refractivity contribution < 1.29 is 10.2 Å². The minimum Gasteiger partial charge on any atom is -0.507 e. The average Bonchev–Trinajstić information content (AvgIpc) is 2.66. The summed E-state index contributed by atoms with van der Waals surface area (Å²) < 4.78 is 1.08. The van der Waals surface area contributed by atoms with Crippen molar-refractivity contribution >= 4 is 21.4 Å². The van der Waals surface area contributed by atoms with Gasteiger partial charge in [-0.15, -0.1) is 11.3 Å². The summed E-state index contributed by atoms with van der Waals surface area (Å²) >= 11 is 1.61. The van der Waals surface area contributed by atoms with E-state index >= 15 is 0 Å². The summed E-state index contributed by atoms with van der Waals surface area (Å²) in [5.41, 5.74) is 0.818. The lowest BCUT2D eigenvalue weighted by atomic mass is 9.99. The molecule has 0 aliphatic carbocycles. The summed E-state index contributed by atoms with van der Waals surface area (Å²) in [4.78, 5) is 0. The van der Waals surface area contributed by atoms with Crippen LogP contribution >= 0.6 is 11.3 Å². The van der Waals surface area contributed by atoms with Crippen LogP contribution in [0.25, 0.3) is 10.1 Å². The maximum atomic E-state index is 9.94. The molecule has 0 aliphatic rings. The lowest BCUT2D eigenvalue weighted by molar-refractivity contribution is 0.270. The fourth-order valence-corrected chi connectivity index (χ4v) is 2.33. The molecule has 14 heavy (non-hydrogen) atoms. The van der Waals surface area contributed by atoms with E-state index in [4.69, 9.17) is 5.11 Å². The quantitative estimate of drug-likeness (QED) is 0.796. The second-order valence-corrected chi connectivity index (χ2v) is 4.37. The Morgan fingerprint density at radius 2 is 2.14 bits per heavy atom. The van der Waals surface area contributed by atoms with E-state index < -0.39 is 0 Å². The first kappa shape index (κ1) is 9.49. The molecule has 2 nitrogen and oxygen atoms in total. The van der Waals surface area contributed by atoms with Crippen molar-refractivity contribution in [2.45, 2.75) is 12.8 Å². The van der Waals surface area contributed by atoms with Crippen LogP contribution in [0.15, 0.2) is 23.6 Å². The molecule has 1 heterocycles. The Balaban J connectivity index is 2.61. The van der Waals surface area contributed by atoms with Crippen molar-refractivity contribution in [1.82, 2.24) is 0 Å². The smallest absolute Gasteiger partial charge is 0.127 e. The van der Waals surface area contributed by atoms with E-state index in [1.54, 1.807) is 11.3 Å². The predicted octanol–water partition coefficient (Wildman–Crippen LogP) is 2.70. The molecule has 2 N–H and O–H groups in total. The Kier molecular flexibility index (Phi) is 2.44. The first-order chi connectivity index (χ1) is 6.74. The Bertz CT molecular complexity index is 447. The fourth-order valence-electron chi connectivity index (χ4n) is 1.54. The molecule has 0 bridgehead atoms. The molecule has 0 saturated heterocycles. The van der Waals surface area contributed by atoms with Gasteiger partial charge in [0.05, 0.1) is 0 Å². The number of hydrogen-bond donors (Lipinski definition) is 2. The van der Waals surface area contributed by atoms with Crippen molar-refractivity contribution in [3.63, 3.8) is 0 Å². The van der Waals surface area contributed by atoms with Gasteiger partial charge in [-0.2, -0.15) is 0 Å². The normalized spacial score (nSPS) is 13.3. The van der Waals surface area contributed by atoms with Crippen LogP contribution in [-0.4, -0.2) is 16.8 Å². The second kappa shape index (κ2) is 3.59. The predicted molar refractivity (Wildman–Crippen MR) is 59.0 cm³/mol. The van der Waals surface area contributed by atoms with Gasteiger partial charge in [0.2, 0.25) is 0 Å². The average molecular weight is 208 g/mol. The van der Waals surface area contributed by atoms with Gasteiger partial charge in [-0.1, -0.05) is 13.0 Å². The molecule has 2 aromatic rings. The van der Waals surface area contributed by atoms with E-state index in [0.29, 0.717) is 5.75 Å². The fraction of sp³-hybridized carbons (Fsp3) is 0.273.